The van der Waals surface area contributed by atoms with E-state index in [1.807, 2.05) is 4.90 Å². The Morgan fingerprint density at radius 1 is 1.42 bits per heavy atom. The molecular weight excluding hydrogens is 262 g/mol. The van der Waals surface area contributed by atoms with Gasteiger partial charge in [-0.3, -0.25) is 4.79 Å². The second-order valence-electron chi connectivity index (χ2n) is 5.50. The van der Waals surface area contributed by atoms with Crippen molar-refractivity contribution in [2.75, 3.05) is 13.1 Å². The summed E-state index contributed by atoms with van der Waals surface area (Å²) in [5.41, 5.74) is 0. The Balaban J connectivity index is 1.98. The second-order valence-corrected chi connectivity index (χ2v) is 6.59. The lowest BCUT2D eigenvalue weighted by molar-refractivity contribution is 0.0701. The molecule has 0 saturated carbocycles. The maximum atomic E-state index is 12.3. The van der Waals surface area contributed by atoms with E-state index in [0.29, 0.717) is 16.7 Å². The van der Waals surface area contributed by atoms with Gasteiger partial charge < -0.3 is 10.0 Å². The maximum absolute atomic E-state index is 12.3. The lowest BCUT2D eigenvalue weighted by atomic mass is 9.97. The molecule has 0 spiro atoms. The number of thiophene rings is 1. The van der Waals surface area contributed by atoms with E-state index in [9.17, 15) is 9.59 Å². The van der Waals surface area contributed by atoms with E-state index in [1.54, 1.807) is 6.07 Å². The molecule has 1 saturated heterocycles. The molecule has 1 unspecified atom stereocenters. The van der Waals surface area contributed by atoms with Gasteiger partial charge in [-0.2, -0.15) is 0 Å². The molecule has 0 radical (unpaired) electrons. The lowest BCUT2D eigenvalue weighted by Crippen LogP contribution is -2.28. The van der Waals surface area contributed by atoms with Crippen LogP contribution in [0.4, 0.5) is 0 Å². The molecule has 1 N–H and O–H groups in total. The number of carboxylic acid groups (broad SMARTS) is 1. The van der Waals surface area contributed by atoms with Crippen LogP contribution in [-0.4, -0.2) is 35.0 Å². The molecule has 0 aliphatic carbocycles. The highest BCUT2D eigenvalue weighted by atomic mass is 32.1. The van der Waals surface area contributed by atoms with E-state index in [4.69, 9.17) is 5.11 Å². The largest absolute Gasteiger partial charge is 0.477 e. The van der Waals surface area contributed by atoms with E-state index >= 15 is 0 Å². The van der Waals surface area contributed by atoms with Crippen LogP contribution in [0.5, 0.6) is 0 Å². The van der Waals surface area contributed by atoms with Gasteiger partial charge in [0.1, 0.15) is 4.88 Å². The van der Waals surface area contributed by atoms with Gasteiger partial charge in [-0.15, -0.1) is 11.3 Å². The smallest absolute Gasteiger partial charge is 0.345 e. The minimum atomic E-state index is -0.969. The van der Waals surface area contributed by atoms with Crippen molar-refractivity contribution < 1.29 is 14.7 Å². The van der Waals surface area contributed by atoms with E-state index < -0.39 is 5.97 Å². The lowest BCUT2D eigenvalue weighted by Gasteiger charge is -2.16. The summed E-state index contributed by atoms with van der Waals surface area (Å²) >= 11 is 1.06. The molecule has 1 aromatic rings. The van der Waals surface area contributed by atoms with Crippen molar-refractivity contribution in [1.82, 2.24) is 4.90 Å². The first kappa shape index (κ1) is 14.1. The van der Waals surface area contributed by atoms with Crippen LogP contribution < -0.4 is 0 Å². The number of rotatable bonds is 4. The van der Waals surface area contributed by atoms with Crippen LogP contribution in [0.25, 0.3) is 0 Å². The molecule has 0 bridgehead atoms. The quantitative estimate of drug-likeness (QED) is 0.923. The van der Waals surface area contributed by atoms with Gasteiger partial charge in [0, 0.05) is 13.1 Å². The first-order chi connectivity index (χ1) is 8.97. The zero-order chi connectivity index (χ0) is 14.0. The SMILES string of the molecule is CC(C)CC1CCN(C(=O)c2ccc(C(=O)O)s2)C1. The molecular formula is C14H19NO3S. The topological polar surface area (TPSA) is 57.6 Å². The molecule has 1 fully saturated rings. The number of hydrogen-bond donors (Lipinski definition) is 1. The molecule has 2 rings (SSSR count). The van der Waals surface area contributed by atoms with Crippen molar-refractivity contribution in [2.24, 2.45) is 11.8 Å². The Morgan fingerprint density at radius 3 is 2.68 bits per heavy atom. The molecule has 1 atom stereocenters. The molecule has 104 valence electrons. The van der Waals surface area contributed by atoms with Gasteiger partial charge in [0.2, 0.25) is 0 Å². The molecule has 1 aliphatic rings. The standard InChI is InChI=1S/C14H19NO3S/c1-9(2)7-10-5-6-15(8-10)13(16)11-3-4-12(19-11)14(17)18/h3-4,9-10H,5-8H2,1-2H3,(H,17,18). The minimum Gasteiger partial charge on any atom is -0.477 e. The molecule has 2 heterocycles. The van der Waals surface area contributed by atoms with Gasteiger partial charge in [0.25, 0.3) is 5.91 Å². The third-order valence-corrected chi connectivity index (χ3v) is 4.47. The Morgan fingerprint density at radius 2 is 2.11 bits per heavy atom. The van der Waals surface area contributed by atoms with Crippen LogP contribution in [0.1, 0.15) is 46.0 Å². The van der Waals surface area contributed by atoms with Crippen LogP contribution >= 0.6 is 11.3 Å². The van der Waals surface area contributed by atoms with Crippen molar-refractivity contribution in [1.29, 1.82) is 0 Å². The van der Waals surface area contributed by atoms with Crippen molar-refractivity contribution in [3.63, 3.8) is 0 Å². The highest BCUT2D eigenvalue weighted by Crippen LogP contribution is 2.26. The monoisotopic (exact) mass is 281 g/mol. The fourth-order valence-corrected chi connectivity index (χ4v) is 3.41. The number of nitrogens with zero attached hydrogens (tertiary/aromatic N) is 1. The van der Waals surface area contributed by atoms with Gasteiger partial charge >= 0.3 is 5.97 Å². The molecule has 19 heavy (non-hydrogen) atoms. The summed E-state index contributed by atoms with van der Waals surface area (Å²) in [7, 11) is 0. The summed E-state index contributed by atoms with van der Waals surface area (Å²) in [5.74, 6) is 0.246. The molecule has 5 heteroatoms. The van der Waals surface area contributed by atoms with Gasteiger partial charge in [-0.25, -0.2) is 4.79 Å². The number of amides is 1. The number of likely N-dealkylation sites (tertiary alicyclic amines) is 1. The van der Waals surface area contributed by atoms with Crippen LogP contribution in [0.15, 0.2) is 12.1 Å². The summed E-state index contributed by atoms with van der Waals surface area (Å²) in [6, 6.07) is 3.12. The highest BCUT2D eigenvalue weighted by Gasteiger charge is 2.28. The van der Waals surface area contributed by atoms with Gasteiger partial charge in [0.15, 0.2) is 0 Å². The van der Waals surface area contributed by atoms with Crippen LogP contribution in [0.3, 0.4) is 0 Å². The molecule has 1 amide bonds. The number of aromatic carboxylic acids is 1. The van der Waals surface area contributed by atoms with Crippen molar-refractivity contribution in [3.05, 3.63) is 21.9 Å². The summed E-state index contributed by atoms with van der Waals surface area (Å²) in [6.45, 7) is 5.99. The van der Waals surface area contributed by atoms with Crippen LogP contribution in [0.2, 0.25) is 0 Å². The molecule has 4 nitrogen and oxygen atoms in total. The van der Waals surface area contributed by atoms with Crippen LogP contribution in [0, 0.1) is 11.8 Å². The van der Waals surface area contributed by atoms with E-state index in [1.165, 1.54) is 6.07 Å². The Labute approximate surface area is 117 Å². The highest BCUT2D eigenvalue weighted by molar-refractivity contribution is 7.15. The van der Waals surface area contributed by atoms with E-state index in [2.05, 4.69) is 13.8 Å². The molecule has 0 aromatic carbocycles. The van der Waals surface area contributed by atoms with Crippen molar-refractivity contribution >= 4 is 23.2 Å². The predicted octanol–water partition coefficient (Wildman–Crippen LogP) is 2.95. The Hall–Kier alpha value is -1.36. The third kappa shape index (κ3) is 3.35. The Bertz CT molecular complexity index is 481. The van der Waals surface area contributed by atoms with E-state index in [-0.39, 0.29) is 10.8 Å². The van der Waals surface area contributed by atoms with Crippen molar-refractivity contribution in [2.45, 2.75) is 26.7 Å². The zero-order valence-corrected chi connectivity index (χ0v) is 12.1. The van der Waals surface area contributed by atoms with Gasteiger partial charge in [-0.1, -0.05) is 13.8 Å². The number of hydrogen-bond acceptors (Lipinski definition) is 3. The average Bonchev–Trinajstić information content (AvgIpc) is 2.95. The summed E-state index contributed by atoms with van der Waals surface area (Å²) in [4.78, 5) is 25.7. The normalized spacial score (nSPS) is 19.1. The summed E-state index contributed by atoms with van der Waals surface area (Å²) in [6.07, 6.45) is 2.20. The Kier molecular flexibility index (Phi) is 4.24. The fraction of sp³-hybridized carbons (Fsp3) is 0.571. The first-order valence-electron chi connectivity index (χ1n) is 6.59. The predicted molar refractivity (Wildman–Crippen MR) is 74.7 cm³/mol. The minimum absolute atomic E-state index is 0.0243. The van der Waals surface area contributed by atoms with Crippen LogP contribution in [-0.2, 0) is 0 Å². The zero-order valence-electron chi connectivity index (χ0n) is 11.3. The number of carbonyl (C=O) groups is 2. The van der Waals surface area contributed by atoms with Crippen molar-refractivity contribution in [3.8, 4) is 0 Å². The molecule has 1 aliphatic heterocycles. The average molecular weight is 281 g/mol. The van der Waals surface area contributed by atoms with Gasteiger partial charge in [-0.05, 0) is 36.8 Å². The second kappa shape index (κ2) is 5.74. The number of carbonyl (C=O) groups excluding carboxylic acids is 1. The first-order valence-corrected chi connectivity index (χ1v) is 7.41. The molecule has 1 aromatic heterocycles. The summed E-state index contributed by atoms with van der Waals surface area (Å²) < 4.78 is 0. The maximum Gasteiger partial charge on any atom is 0.345 e. The van der Waals surface area contributed by atoms with E-state index in [0.717, 1.165) is 37.3 Å². The van der Waals surface area contributed by atoms with Gasteiger partial charge in [0.05, 0.1) is 4.88 Å². The fourth-order valence-electron chi connectivity index (χ4n) is 2.60. The third-order valence-electron chi connectivity index (χ3n) is 3.41. The summed E-state index contributed by atoms with van der Waals surface area (Å²) in [5, 5.41) is 8.87. The number of carboxylic acids is 1.